The Bertz CT molecular complexity index is 431. The Hall–Kier alpha value is -1.92. The number of aliphatic hydroxyl groups excluding tert-OH is 1. The van der Waals surface area contributed by atoms with Gasteiger partial charge in [0.15, 0.2) is 0 Å². The summed E-state index contributed by atoms with van der Waals surface area (Å²) in [6.45, 7) is 8.19. The van der Waals surface area contributed by atoms with Gasteiger partial charge in [-0.3, -0.25) is 4.79 Å². The molecular formula is C17H29NO5. The number of ether oxygens (including phenoxy) is 2. The fourth-order valence-corrected chi connectivity index (χ4v) is 1.41. The van der Waals surface area contributed by atoms with Crippen LogP contribution in [0.1, 0.15) is 43.6 Å². The Morgan fingerprint density at radius 3 is 2.13 bits per heavy atom. The van der Waals surface area contributed by atoms with Gasteiger partial charge >= 0.3 is 5.97 Å². The molecule has 1 atom stereocenters. The van der Waals surface area contributed by atoms with E-state index in [1.807, 2.05) is 13.8 Å². The molecule has 0 spiro atoms. The zero-order valence-electron chi connectivity index (χ0n) is 14.9. The van der Waals surface area contributed by atoms with Crippen molar-refractivity contribution in [2.75, 3.05) is 20.8 Å². The summed E-state index contributed by atoms with van der Waals surface area (Å²) in [6, 6.07) is 6.92. The van der Waals surface area contributed by atoms with Gasteiger partial charge in [-0.05, 0) is 31.5 Å². The Labute approximate surface area is 138 Å². The van der Waals surface area contributed by atoms with Gasteiger partial charge in [-0.15, -0.1) is 0 Å². The average molecular weight is 327 g/mol. The van der Waals surface area contributed by atoms with Crippen molar-refractivity contribution in [2.24, 2.45) is 0 Å². The second kappa shape index (κ2) is 15.0. The van der Waals surface area contributed by atoms with Crippen LogP contribution in [0.4, 0.5) is 0 Å². The van der Waals surface area contributed by atoms with E-state index < -0.39 is 6.10 Å². The number of hydrogen-bond acceptors (Lipinski definition) is 5. The van der Waals surface area contributed by atoms with E-state index in [9.17, 15) is 9.59 Å². The molecule has 1 rings (SSSR count). The molecule has 0 aliphatic carbocycles. The number of nitrogens with one attached hydrogen (secondary N) is 1. The maximum absolute atomic E-state index is 11.5. The highest BCUT2D eigenvalue weighted by molar-refractivity contribution is 5.89. The van der Waals surface area contributed by atoms with Crippen molar-refractivity contribution in [3.05, 3.63) is 35.4 Å². The first-order chi connectivity index (χ1) is 11.1. The molecule has 1 aromatic carbocycles. The second-order valence-corrected chi connectivity index (χ2v) is 4.01. The van der Waals surface area contributed by atoms with Crippen LogP contribution in [0.25, 0.3) is 0 Å². The Kier molecular flexibility index (Phi) is 15.2. The van der Waals surface area contributed by atoms with Gasteiger partial charge in [-0.2, -0.15) is 0 Å². The van der Waals surface area contributed by atoms with Crippen LogP contribution in [0.15, 0.2) is 24.3 Å². The van der Waals surface area contributed by atoms with E-state index in [0.29, 0.717) is 18.7 Å². The maximum atomic E-state index is 11.5. The highest BCUT2D eigenvalue weighted by Crippen LogP contribution is 2.06. The van der Waals surface area contributed by atoms with Gasteiger partial charge in [0.1, 0.15) is 6.10 Å². The number of carbonyl (C=O) groups is 2. The molecule has 0 fully saturated rings. The first kappa shape index (κ1) is 23.3. The summed E-state index contributed by atoms with van der Waals surface area (Å²) in [5.74, 6) is -0.511. The number of esters is 1. The van der Waals surface area contributed by atoms with E-state index in [-0.39, 0.29) is 11.9 Å². The molecule has 0 aromatic heterocycles. The Balaban J connectivity index is 0. The predicted molar refractivity (Wildman–Crippen MR) is 90.2 cm³/mol. The van der Waals surface area contributed by atoms with Gasteiger partial charge in [0.05, 0.1) is 12.2 Å². The van der Waals surface area contributed by atoms with Crippen LogP contribution in [0.2, 0.25) is 0 Å². The fraction of sp³-hybridized carbons (Fsp3) is 0.529. The number of aliphatic hydroxyl groups is 1. The van der Waals surface area contributed by atoms with Gasteiger partial charge in [-0.25, -0.2) is 4.79 Å². The number of benzene rings is 1. The first-order valence-electron chi connectivity index (χ1n) is 7.59. The van der Waals surface area contributed by atoms with Crippen molar-refractivity contribution in [1.82, 2.24) is 5.32 Å². The molecule has 0 aliphatic rings. The third-order valence-corrected chi connectivity index (χ3v) is 2.65. The van der Waals surface area contributed by atoms with Crippen LogP contribution in [0, 0.1) is 0 Å². The third-order valence-electron chi connectivity index (χ3n) is 2.65. The molecule has 0 saturated carbocycles. The number of rotatable bonds is 6. The summed E-state index contributed by atoms with van der Waals surface area (Å²) in [5, 5.41) is 9.74. The van der Waals surface area contributed by atoms with Crippen molar-refractivity contribution in [1.29, 1.82) is 0 Å². The molecule has 23 heavy (non-hydrogen) atoms. The smallest absolute Gasteiger partial charge is 0.338 e. The number of carbonyl (C=O) groups excluding carboxylic acids is 2. The van der Waals surface area contributed by atoms with Crippen LogP contribution in [0.3, 0.4) is 0 Å². The lowest BCUT2D eigenvalue weighted by Gasteiger charge is -2.10. The topological polar surface area (TPSA) is 84.9 Å². The predicted octanol–water partition coefficient (Wildman–Crippen LogP) is 2.15. The molecule has 1 aromatic rings. The summed E-state index contributed by atoms with van der Waals surface area (Å²) in [6.07, 6.45) is -0.473. The van der Waals surface area contributed by atoms with Gasteiger partial charge in [-0.1, -0.05) is 26.0 Å². The van der Waals surface area contributed by atoms with Gasteiger partial charge < -0.3 is 19.9 Å². The van der Waals surface area contributed by atoms with E-state index in [1.165, 1.54) is 7.11 Å². The van der Waals surface area contributed by atoms with Crippen LogP contribution in [-0.2, 0) is 20.8 Å². The monoisotopic (exact) mass is 327 g/mol. The second-order valence-electron chi connectivity index (χ2n) is 4.01. The molecule has 0 saturated heterocycles. The lowest BCUT2D eigenvalue weighted by Crippen LogP contribution is -2.33. The van der Waals surface area contributed by atoms with E-state index in [2.05, 4.69) is 5.32 Å². The quantitative estimate of drug-likeness (QED) is 0.782. The van der Waals surface area contributed by atoms with Crippen LogP contribution in [0.5, 0.6) is 0 Å². The molecule has 1 amide bonds. The summed E-state index contributed by atoms with van der Waals surface area (Å²) in [7, 11) is 2.48. The summed E-state index contributed by atoms with van der Waals surface area (Å²) < 4.78 is 9.79. The highest BCUT2D eigenvalue weighted by Gasteiger charge is 2.11. The Morgan fingerprint density at radius 2 is 1.70 bits per heavy atom. The van der Waals surface area contributed by atoms with Gasteiger partial charge in [0.2, 0.25) is 5.91 Å². The van der Waals surface area contributed by atoms with Crippen LogP contribution < -0.4 is 5.32 Å². The number of methoxy groups -OCH3 is 1. The zero-order chi connectivity index (χ0) is 18.3. The number of amides is 1. The van der Waals surface area contributed by atoms with Crippen LogP contribution in [-0.4, -0.2) is 43.9 Å². The van der Waals surface area contributed by atoms with Crippen molar-refractivity contribution in [2.45, 2.75) is 40.3 Å². The van der Waals surface area contributed by atoms with Crippen molar-refractivity contribution in [3.8, 4) is 0 Å². The first-order valence-corrected chi connectivity index (χ1v) is 7.59. The third kappa shape index (κ3) is 9.65. The lowest BCUT2D eigenvalue weighted by molar-refractivity contribution is -0.130. The molecule has 0 heterocycles. The van der Waals surface area contributed by atoms with E-state index in [4.69, 9.17) is 14.6 Å². The van der Waals surface area contributed by atoms with Gasteiger partial charge in [0.25, 0.3) is 0 Å². The average Bonchev–Trinajstić information content (AvgIpc) is 2.63. The highest BCUT2D eigenvalue weighted by atomic mass is 16.5. The summed E-state index contributed by atoms with van der Waals surface area (Å²) in [4.78, 5) is 22.9. The molecule has 1 unspecified atom stereocenters. The minimum absolute atomic E-state index is 0.169. The molecular weight excluding hydrogens is 298 g/mol. The maximum Gasteiger partial charge on any atom is 0.338 e. The fourth-order valence-electron chi connectivity index (χ4n) is 1.41. The minimum Gasteiger partial charge on any atom is -0.462 e. The molecule has 6 heteroatoms. The molecule has 0 radical (unpaired) electrons. The van der Waals surface area contributed by atoms with Crippen molar-refractivity contribution >= 4 is 11.9 Å². The summed E-state index contributed by atoms with van der Waals surface area (Å²) in [5.41, 5.74) is 1.41. The summed E-state index contributed by atoms with van der Waals surface area (Å²) >= 11 is 0. The Morgan fingerprint density at radius 1 is 1.17 bits per heavy atom. The van der Waals surface area contributed by atoms with Crippen LogP contribution >= 0.6 is 0 Å². The molecule has 0 aliphatic heterocycles. The lowest BCUT2D eigenvalue weighted by atomic mass is 10.1. The molecule has 0 bridgehead atoms. The zero-order valence-corrected chi connectivity index (χ0v) is 14.9. The normalized spacial score (nSPS) is 10.2. The molecule has 132 valence electrons. The minimum atomic E-state index is -0.473. The van der Waals surface area contributed by atoms with E-state index in [0.717, 1.165) is 12.7 Å². The molecule has 6 nitrogen and oxygen atoms in total. The van der Waals surface area contributed by atoms with E-state index in [1.54, 1.807) is 38.1 Å². The largest absolute Gasteiger partial charge is 0.462 e. The SMILES string of the molecule is CC.CCOC(=O)c1ccc(CNC(=O)C(C)OC)cc1.CO. The molecule has 2 N–H and O–H groups in total. The van der Waals surface area contributed by atoms with Gasteiger partial charge in [0, 0.05) is 20.8 Å². The number of hydrogen-bond donors (Lipinski definition) is 2. The standard InChI is InChI=1S/C14H19NO4.C2H6.CH4O/c1-4-19-14(17)12-7-5-11(6-8-12)9-15-13(16)10(2)18-3;2*1-2/h5-8,10H,4,9H2,1-3H3,(H,15,16);1-2H3;2H,1H3. The van der Waals surface area contributed by atoms with Crippen molar-refractivity contribution < 1.29 is 24.2 Å². The van der Waals surface area contributed by atoms with E-state index >= 15 is 0 Å². The van der Waals surface area contributed by atoms with Crippen molar-refractivity contribution in [3.63, 3.8) is 0 Å².